The summed E-state index contributed by atoms with van der Waals surface area (Å²) in [6, 6.07) is 4.65. The van der Waals surface area contributed by atoms with Crippen molar-refractivity contribution >= 4 is 11.3 Å². The van der Waals surface area contributed by atoms with Crippen LogP contribution in [0.1, 0.15) is 50.3 Å². The third-order valence-corrected chi connectivity index (χ3v) is 4.45. The first-order valence-electron chi connectivity index (χ1n) is 7.26. The Kier molecular flexibility index (Phi) is 3.00. The molecule has 0 N–H and O–H groups in total. The maximum atomic E-state index is 4.82. The van der Waals surface area contributed by atoms with Crippen molar-refractivity contribution in [2.75, 3.05) is 6.54 Å². The lowest BCUT2D eigenvalue weighted by Gasteiger charge is -2.22. The van der Waals surface area contributed by atoms with Crippen molar-refractivity contribution in [3.63, 3.8) is 0 Å². The Labute approximate surface area is 116 Å². The number of allylic oxidation sites excluding steroid dienone is 4. The first-order valence-corrected chi connectivity index (χ1v) is 7.26. The van der Waals surface area contributed by atoms with E-state index in [0.29, 0.717) is 0 Å². The van der Waals surface area contributed by atoms with Gasteiger partial charge >= 0.3 is 0 Å². The summed E-state index contributed by atoms with van der Waals surface area (Å²) in [5.41, 5.74) is 11.4. The zero-order valence-corrected chi connectivity index (χ0v) is 12.4. The normalized spacial score (nSPS) is 18.7. The molecule has 0 saturated heterocycles. The monoisotopic (exact) mass is 252 g/mol. The highest BCUT2D eigenvalue weighted by molar-refractivity contribution is 5.90. The first-order chi connectivity index (χ1) is 9.08. The molecule has 0 bridgehead atoms. The number of hydrogen-bond acceptors (Lipinski definition) is 0. The van der Waals surface area contributed by atoms with Crippen molar-refractivity contribution in [2.24, 2.45) is 0 Å². The molecule has 1 aromatic carbocycles. The van der Waals surface area contributed by atoms with E-state index in [-0.39, 0.29) is 0 Å². The maximum Gasteiger partial charge on any atom is 0.0684 e. The van der Waals surface area contributed by atoms with Gasteiger partial charge in [0.15, 0.2) is 0 Å². The average molecular weight is 252 g/mol. The smallest absolute Gasteiger partial charge is 0.0684 e. The Morgan fingerprint density at radius 3 is 2.47 bits per heavy atom. The van der Waals surface area contributed by atoms with E-state index in [2.05, 4.69) is 39.8 Å². The van der Waals surface area contributed by atoms with Gasteiger partial charge in [-0.25, -0.2) is 0 Å². The lowest BCUT2D eigenvalue weighted by Crippen LogP contribution is -2.13. The van der Waals surface area contributed by atoms with Gasteiger partial charge in [-0.3, -0.25) is 5.32 Å². The molecule has 0 spiro atoms. The first kappa shape index (κ1) is 12.5. The summed E-state index contributed by atoms with van der Waals surface area (Å²) in [6.45, 7) is 9.98. The molecule has 99 valence electrons. The molecule has 0 aromatic heterocycles. The SMILES string of the molecule is CC1=C(C)C(c2cc(C)cc3c2[N]CCC3)=C(C)C1. The molecule has 0 unspecified atom stereocenters. The Morgan fingerprint density at radius 1 is 1.00 bits per heavy atom. The molecule has 1 heteroatoms. The van der Waals surface area contributed by atoms with Crippen molar-refractivity contribution in [3.8, 4) is 0 Å². The lowest BCUT2D eigenvalue weighted by molar-refractivity contribution is 0.702. The number of rotatable bonds is 1. The Hall–Kier alpha value is -1.50. The van der Waals surface area contributed by atoms with Crippen molar-refractivity contribution in [1.82, 2.24) is 5.32 Å². The van der Waals surface area contributed by atoms with E-state index in [1.807, 2.05) is 0 Å². The van der Waals surface area contributed by atoms with Crippen molar-refractivity contribution < 1.29 is 0 Å². The van der Waals surface area contributed by atoms with E-state index < -0.39 is 0 Å². The molecular weight excluding hydrogens is 230 g/mol. The van der Waals surface area contributed by atoms with Gasteiger partial charge in [0.25, 0.3) is 0 Å². The van der Waals surface area contributed by atoms with Crippen molar-refractivity contribution in [1.29, 1.82) is 0 Å². The largest absolute Gasteiger partial charge is 0.284 e. The molecule has 0 amide bonds. The van der Waals surface area contributed by atoms with Crippen LogP contribution >= 0.6 is 0 Å². The second-order valence-electron chi connectivity index (χ2n) is 6.04. The highest BCUT2D eigenvalue weighted by Crippen LogP contribution is 2.43. The standard InChI is InChI=1S/C18H22N/c1-11-8-15-6-5-7-19-18(15)16(9-11)17-13(3)10-12(2)14(17)4/h8-9H,5-7,10H2,1-4H3. The van der Waals surface area contributed by atoms with E-state index in [1.54, 1.807) is 0 Å². The third kappa shape index (κ3) is 2.01. The van der Waals surface area contributed by atoms with Gasteiger partial charge < -0.3 is 0 Å². The molecule has 0 fully saturated rings. The summed E-state index contributed by atoms with van der Waals surface area (Å²) in [4.78, 5) is 0. The van der Waals surface area contributed by atoms with Crippen molar-refractivity contribution in [3.05, 3.63) is 45.5 Å². The summed E-state index contributed by atoms with van der Waals surface area (Å²) >= 11 is 0. The average Bonchev–Trinajstić information content (AvgIpc) is 2.62. The van der Waals surface area contributed by atoms with E-state index in [0.717, 1.165) is 13.0 Å². The molecule has 1 nitrogen and oxygen atoms in total. The van der Waals surface area contributed by atoms with Gasteiger partial charge in [0, 0.05) is 12.1 Å². The molecule has 1 radical (unpaired) electrons. The van der Waals surface area contributed by atoms with Crippen LogP contribution in [0.3, 0.4) is 0 Å². The van der Waals surface area contributed by atoms with Crippen LogP contribution < -0.4 is 5.32 Å². The van der Waals surface area contributed by atoms with E-state index in [9.17, 15) is 0 Å². The second-order valence-corrected chi connectivity index (χ2v) is 6.04. The van der Waals surface area contributed by atoms with E-state index >= 15 is 0 Å². The van der Waals surface area contributed by atoms with Crippen LogP contribution in [0.25, 0.3) is 5.57 Å². The molecule has 1 aliphatic carbocycles. The van der Waals surface area contributed by atoms with Gasteiger partial charge in [0.2, 0.25) is 0 Å². The molecule has 0 atom stereocenters. The molecule has 1 heterocycles. The summed E-state index contributed by atoms with van der Waals surface area (Å²) in [7, 11) is 0. The minimum Gasteiger partial charge on any atom is -0.284 e. The number of fused-ring (bicyclic) bond motifs is 1. The fourth-order valence-electron chi connectivity index (χ4n) is 3.47. The summed E-state index contributed by atoms with van der Waals surface area (Å²) in [5.74, 6) is 0. The minimum absolute atomic E-state index is 0.983. The quantitative estimate of drug-likeness (QED) is 0.688. The molecule has 3 rings (SSSR count). The number of aryl methyl sites for hydroxylation is 2. The van der Waals surface area contributed by atoms with Crippen LogP contribution in [0.15, 0.2) is 28.9 Å². The fourth-order valence-corrected chi connectivity index (χ4v) is 3.47. The van der Waals surface area contributed by atoms with Crippen LogP contribution in [-0.2, 0) is 6.42 Å². The van der Waals surface area contributed by atoms with E-state index in [1.165, 1.54) is 57.5 Å². The topological polar surface area (TPSA) is 14.1 Å². The summed E-state index contributed by atoms with van der Waals surface area (Å²) in [5, 5.41) is 4.82. The van der Waals surface area contributed by atoms with Crippen LogP contribution in [0.2, 0.25) is 0 Å². The van der Waals surface area contributed by atoms with Gasteiger partial charge in [-0.05, 0) is 69.7 Å². The molecule has 0 saturated carbocycles. The van der Waals surface area contributed by atoms with Gasteiger partial charge in [-0.1, -0.05) is 22.8 Å². The van der Waals surface area contributed by atoms with Crippen LogP contribution in [0.4, 0.5) is 5.69 Å². The lowest BCUT2D eigenvalue weighted by atomic mass is 9.90. The number of nitrogens with zero attached hydrogens (tertiary/aromatic N) is 1. The Morgan fingerprint density at radius 2 is 1.79 bits per heavy atom. The fraction of sp³-hybridized carbons (Fsp3) is 0.444. The van der Waals surface area contributed by atoms with Gasteiger partial charge in [0.05, 0.1) is 5.69 Å². The summed E-state index contributed by atoms with van der Waals surface area (Å²) < 4.78 is 0. The zero-order valence-electron chi connectivity index (χ0n) is 12.4. The molecule has 1 aliphatic heterocycles. The highest BCUT2D eigenvalue weighted by atomic mass is 14.9. The Balaban J connectivity index is 2.21. The predicted octanol–water partition coefficient (Wildman–Crippen LogP) is 4.69. The molecule has 2 aliphatic rings. The highest BCUT2D eigenvalue weighted by Gasteiger charge is 2.23. The third-order valence-electron chi connectivity index (χ3n) is 4.45. The second kappa shape index (κ2) is 4.56. The van der Waals surface area contributed by atoms with Crippen LogP contribution in [-0.4, -0.2) is 6.54 Å². The summed E-state index contributed by atoms with van der Waals surface area (Å²) in [6.07, 6.45) is 3.51. The molecule has 1 aromatic rings. The zero-order chi connectivity index (χ0) is 13.6. The number of benzene rings is 1. The maximum absolute atomic E-state index is 4.82. The van der Waals surface area contributed by atoms with Gasteiger partial charge in [-0.2, -0.15) is 0 Å². The van der Waals surface area contributed by atoms with Crippen molar-refractivity contribution in [2.45, 2.75) is 47.0 Å². The van der Waals surface area contributed by atoms with Crippen LogP contribution in [0.5, 0.6) is 0 Å². The van der Waals surface area contributed by atoms with Gasteiger partial charge in [0.1, 0.15) is 0 Å². The minimum atomic E-state index is 0.983. The van der Waals surface area contributed by atoms with E-state index in [4.69, 9.17) is 5.32 Å². The van der Waals surface area contributed by atoms with Gasteiger partial charge in [-0.15, -0.1) is 0 Å². The number of hydrogen-bond donors (Lipinski definition) is 0. The molecular formula is C18H22N. The Bertz CT molecular complexity index is 602. The van der Waals surface area contributed by atoms with Crippen LogP contribution in [0, 0.1) is 6.92 Å². The predicted molar refractivity (Wildman–Crippen MR) is 81.7 cm³/mol. The molecule has 19 heavy (non-hydrogen) atoms.